The van der Waals surface area contributed by atoms with Gasteiger partial charge in [-0.15, -0.1) is 0 Å². The highest BCUT2D eigenvalue weighted by Gasteiger charge is 2.36. The highest BCUT2D eigenvalue weighted by atomic mass is 16.5. The van der Waals surface area contributed by atoms with Gasteiger partial charge in [-0.2, -0.15) is 10.1 Å². The number of aromatic nitrogens is 3. The molecule has 1 aromatic heterocycles. The number of phenols is 2. The van der Waals surface area contributed by atoms with Gasteiger partial charge < -0.3 is 20.3 Å². The Kier molecular flexibility index (Phi) is 4.44. The first-order valence-electron chi connectivity index (χ1n) is 8.75. The third-order valence-corrected chi connectivity index (χ3v) is 4.47. The molecule has 3 aromatic rings. The summed E-state index contributed by atoms with van der Waals surface area (Å²) in [5, 5.41) is 27.1. The summed E-state index contributed by atoms with van der Waals surface area (Å²) in [6.45, 7) is 1.95. The van der Waals surface area contributed by atoms with E-state index < -0.39 is 12.0 Å². The Morgan fingerprint density at radius 2 is 1.96 bits per heavy atom. The van der Waals surface area contributed by atoms with E-state index in [0.717, 1.165) is 5.56 Å². The molecule has 3 N–H and O–H groups in total. The first-order valence-corrected chi connectivity index (χ1v) is 8.75. The van der Waals surface area contributed by atoms with E-state index in [0.29, 0.717) is 22.8 Å². The number of hydrogen-bond acceptors (Lipinski definition) is 7. The van der Waals surface area contributed by atoms with Crippen LogP contribution in [0.3, 0.4) is 0 Å². The predicted molar refractivity (Wildman–Crippen MR) is 102 cm³/mol. The van der Waals surface area contributed by atoms with Crippen molar-refractivity contribution in [3.05, 3.63) is 71.6 Å². The molecule has 142 valence electrons. The van der Waals surface area contributed by atoms with Crippen molar-refractivity contribution in [1.82, 2.24) is 14.8 Å². The van der Waals surface area contributed by atoms with E-state index in [-0.39, 0.29) is 18.1 Å². The van der Waals surface area contributed by atoms with Crippen LogP contribution in [0.1, 0.15) is 24.1 Å². The van der Waals surface area contributed by atoms with Gasteiger partial charge in [0.05, 0.1) is 17.9 Å². The summed E-state index contributed by atoms with van der Waals surface area (Å²) < 4.78 is 6.87. The van der Waals surface area contributed by atoms with E-state index in [1.807, 2.05) is 30.3 Å². The Hall–Kier alpha value is -3.81. The summed E-state index contributed by atoms with van der Waals surface area (Å²) >= 11 is 0. The number of anilines is 1. The number of aromatic hydroxyl groups is 2. The SMILES string of the molecule is CCOC(=O)C1=C(c2ccccc2)Nc2ncnn2C1c1ccc(O)c(O)c1. The topological polar surface area (TPSA) is 110 Å². The highest BCUT2D eigenvalue weighted by Crippen LogP contribution is 2.40. The average molecular weight is 378 g/mol. The van der Waals surface area contributed by atoms with Crippen LogP contribution in [0.25, 0.3) is 5.70 Å². The van der Waals surface area contributed by atoms with Crippen molar-refractivity contribution in [3.8, 4) is 11.5 Å². The van der Waals surface area contributed by atoms with Crippen LogP contribution in [0.15, 0.2) is 60.4 Å². The number of esters is 1. The van der Waals surface area contributed by atoms with Gasteiger partial charge in [-0.25, -0.2) is 9.48 Å². The highest BCUT2D eigenvalue weighted by molar-refractivity contribution is 6.02. The molecule has 0 saturated carbocycles. The normalized spacial score (nSPS) is 15.7. The monoisotopic (exact) mass is 378 g/mol. The summed E-state index contributed by atoms with van der Waals surface area (Å²) in [4.78, 5) is 17.2. The van der Waals surface area contributed by atoms with Crippen molar-refractivity contribution in [2.24, 2.45) is 0 Å². The van der Waals surface area contributed by atoms with Gasteiger partial charge >= 0.3 is 5.97 Å². The third kappa shape index (κ3) is 2.94. The molecule has 0 radical (unpaired) electrons. The summed E-state index contributed by atoms with van der Waals surface area (Å²) in [6, 6.07) is 13.1. The minimum absolute atomic E-state index is 0.210. The number of ether oxygens (including phenoxy) is 1. The van der Waals surface area contributed by atoms with Gasteiger partial charge in [-0.3, -0.25) is 0 Å². The fourth-order valence-corrected chi connectivity index (χ4v) is 3.24. The maximum atomic E-state index is 13.0. The molecule has 0 bridgehead atoms. The molecule has 2 heterocycles. The molecule has 8 heteroatoms. The Balaban J connectivity index is 1.97. The lowest BCUT2D eigenvalue weighted by molar-refractivity contribution is -0.138. The second kappa shape index (κ2) is 7.07. The van der Waals surface area contributed by atoms with Gasteiger partial charge in [-0.05, 0) is 30.2 Å². The van der Waals surface area contributed by atoms with Crippen LogP contribution in [0.2, 0.25) is 0 Å². The fourth-order valence-electron chi connectivity index (χ4n) is 3.24. The quantitative estimate of drug-likeness (QED) is 0.473. The number of benzene rings is 2. The molecular formula is C20H18N4O4. The zero-order valence-corrected chi connectivity index (χ0v) is 15.0. The van der Waals surface area contributed by atoms with Crippen molar-refractivity contribution in [3.63, 3.8) is 0 Å². The van der Waals surface area contributed by atoms with Gasteiger partial charge in [0.2, 0.25) is 5.95 Å². The van der Waals surface area contributed by atoms with Gasteiger partial charge in [0, 0.05) is 0 Å². The second-order valence-electron chi connectivity index (χ2n) is 6.18. The van der Waals surface area contributed by atoms with Crippen LogP contribution in [0.5, 0.6) is 11.5 Å². The summed E-state index contributed by atoms with van der Waals surface area (Å²) in [5.41, 5.74) is 2.22. The van der Waals surface area contributed by atoms with Crippen molar-refractivity contribution < 1.29 is 19.7 Å². The van der Waals surface area contributed by atoms with Crippen LogP contribution in [-0.4, -0.2) is 37.6 Å². The molecule has 1 unspecified atom stereocenters. The molecule has 1 atom stereocenters. The molecular weight excluding hydrogens is 360 g/mol. The Morgan fingerprint density at radius 3 is 2.68 bits per heavy atom. The molecule has 1 aliphatic heterocycles. The second-order valence-corrected chi connectivity index (χ2v) is 6.18. The number of nitrogens with zero attached hydrogens (tertiary/aromatic N) is 3. The predicted octanol–water partition coefficient (Wildman–Crippen LogP) is 2.68. The van der Waals surface area contributed by atoms with Crippen LogP contribution >= 0.6 is 0 Å². The van der Waals surface area contributed by atoms with E-state index in [2.05, 4.69) is 15.4 Å². The number of nitrogens with one attached hydrogen (secondary N) is 1. The Morgan fingerprint density at radius 1 is 1.18 bits per heavy atom. The molecule has 0 fully saturated rings. The van der Waals surface area contributed by atoms with Gasteiger partial charge in [0.1, 0.15) is 12.4 Å². The van der Waals surface area contributed by atoms with Gasteiger partial charge in [0.15, 0.2) is 11.5 Å². The molecule has 0 amide bonds. The number of hydrogen-bond donors (Lipinski definition) is 3. The fraction of sp³-hybridized carbons (Fsp3) is 0.150. The largest absolute Gasteiger partial charge is 0.504 e. The van der Waals surface area contributed by atoms with Crippen LogP contribution in [0.4, 0.5) is 5.95 Å². The van der Waals surface area contributed by atoms with Crippen molar-refractivity contribution >= 4 is 17.6 Å². The minimum Gasteiger partial charge on any atom is -0.504 e. The van der Waals surface area contributed by atoms with E-state index in [1.165, 1.54) is 18.5 Å². The molecule has 0 saturated heterocycles. The summed E-state index contributed by atoms with van der Waals surface area (Å²) in [6.07, 6.45) is 1.38. The lowest BCUT2D eigenvalue weighted by atomic mass is 9.92. The van der Waals surface area contributed by atoms with Crippen molar-refractivity contribution in [1.29, 1.82) is 0 Å². The number of phenolic OH excluding ortho intramolecular Hbond substituents is 2. The van der Waals surface area contributed by atoms with Crippen molar-refractivity contribution in [2.45, 2.75) is 13.0 Å². The standard InChI is InChI=1S/C20H18N4O4/c1-2-28-19(27)16-17(12-6-4-3-5-7-12)23-20-21-11-22-24(20)18(16)13-8-9-14(25)15(26)10-13/h3-11,18,25-26H,2H2,1H3,(H,21,22,23). The summed E-state index contributed by atoms with van der Waals surface area (Å²) in [7, 11) is 0. The van der Waals surface area contributed by atoms with Crippen LogP contribution in [-0.2, 0) is 9.53 Å². The third-order valence-electron chi connectivity index (χ3n) is 4.47. The maximum absolute atomic E-state index is 13.0. The first-order chi connectivity index (χ1) is 13.6. The molecule has 0 spiro atoms. The average Bonchev–Trinajstić information content (AvgIpc) is 3.18. The smallest absolute Gasteiger partial charge is 0.338 e. The lowest BCUT2D eigenvalue weighted by Crippen LogP contribution is -2.30. The minimum atomic E-state index is -0.695. The molecule has 1 aliphatic rings. The first kappa shape index (κ1) is 17.6. The zero-order chi connectivity index (χ0) is 19.7. The number of rotatable bonds is 4. The lowest BCUT2D eigenvalue weighted by Gasteiger charge is -2.29. The number of carbonyl (C=O) groups is 1. The molecule has 4 rings (SSSR count). The van der Waals surface area contributed by atoms with Crippen LogP contribution < -0.4 is 5.32 Å². The van der Waals surface area contributed by atoms with E-state index in [9.17, 15) is 15.0 Å². The number of fused-ring (bicyclic) bond motifs is 1. The molecule has 0 aliphatic carbocycles. The Labute approximate surface area is 160 Å². The molecule has 8 nitrogen and oxygen atoms in total. The van der Waals surface area contributed by atoms with Crippen molar-refractivity contribution in [2.75, 3.05) is 11.9 Å². The maximum Gasteiger partial charge on any atom is 0.338 e. The number of carbonyl (C=O) groups excluding carboxylic acids is 1. The van der Waals surface area contributed by atoms with Gasteiger partial charge in [-0.1, -0.05) is 36.4 Å². The zero-order valence-electron chi connectivity index (χ0n) is 15.0. The summed E-state index contributed by atoms with van der Waals surface area (Å²) in [5.74, 6) is -0.597. The van der Waals surface area contributed by atoms with Gasteiger partial charge in [0.25, 0.3) is 0 Å². The van der Waals surface area contributed by atoms with Crippen LogP contribution in [0, 0.1) is 0 Å². The van der Waals surface area contributed by atoms with E-state index in [1.54, 1.807) is 17.7 Å². The molecule has 28 heavy (non-hydrogen) atoms. The molecule has 2 aromatic carbocycles. The van der Waals surface area contributed by atoms with E-state index >= 15 is 0 Å². The van der Waals surface area contributed by atoms with E-state index in [4.69, 9.17) is 4.74 Å². The Bertz CT molecular complexity index is 1060.